The van der Waals surface area contributed by atoms with Crippen LogP contribution in [0.25, 0.3) is 10.8 Å². The monoisotopic (exact) mass is 187 g/mol. The molecule has 2 aromatic carbocycles. The van der Waals surface area contributed by atoms with Gasteiger partial charge in [0.15, 0.2) is 0 Å². The third kappa shape index (κ3) is 1.19. The first kappa shape index (κ1) is 8.56. The maximum Gasteiger partial charge on any atom is 0.252 e. The van der Waals surface area contributed by atoms with E-state index in [0.717, 1.165) is 5.39 Å². The molecule has 2 aromatic rings. The van der Waals surface area contributed by atoms with Crippen molar-refractivity contribution in [1.82, 2.24) is 0 Å². The van der Waals surface area contributed by atoms with Crippen molar-refractivity contribution in [2.45, 2.75) is 0 Å². The summed E-state index contributed by atoms with van der Waals surface area (Å²) in [6.07, 6.45) is 0. The lowest BCUT2D eigenvalue weighted by Gasteiger charge is -2.04. The molecule has 0 unspecified atom stereocenters. The number of amides is 1. The van der Waals surface area contributed by atoms with Crippen LogP contribution in [0.4, 0.5) is 0 Å². The SMILES string of the molecule is NC(=O)c1ccc2ccccc2c1O. The fraction of sp³-hybridized carbons (Fsp3) is 0. The minimum absolute atomic E-state index is 0.0457. The molecule has 0 aromatic heterocycles. The van der Waals surface area contributed by atoms with Gasteiger partial charge in [-0.1, -0.05) is 30.3 Å². The molecule has 2 rings (SSSR count). The van der Waals surface area contributed by atoms with E-state index in [1.807, 2.05) is 12.1 Å². The number of fused-ring (bicyclic) bond motifs is 1. The topological polar surface area (TPSA) is 63.3 Å². The normalized spacial score (nSPS) is 10.3. The van der Waals surface area contributed by atoms with Crippen LogP contribution in [0, 0.1) is 0 Å². The Kier molecular flexibility index (Phi) is 1.85. The Bertz CT molecular complexity index is 506. The molecule has 0 fully saturated rings. The highest BCUT2D eigenvalue weighted by molar-refractivity contribution is 6.02. The highest BCUT2D eigenvalue weighted by Gasteiger charge is 2.09. The van der Waals surface area contributed by atoms with E-state index in [1.54, 1.807) is 18.2 Å². The third-order valence-corrected chi connectivity index (χ3v) is 2.17. The number of phenols is 1. The molecule has 0 heterocycles. The van der Waals surface area contributed by atoms with Gasteiger partial charge < -0.3 is 10.8 Å². The van der Waals surface area contributed by atoms with Gasteiger partial charge in [-0.05, 0) is 11.5 Å². The number of nitrogens with two attached hydrogens (primary N) is 1. The number of hydrogen-bond donors (Lipinski definition) is 2. The Balaban J connectivity index is 2.81. The largest absolute Gasteiger partial charge is 0.506 e. The standard InChI is InChI=1S/C11H9NO2/c12-11(14)9-6-5-7-3-1-2-4-8(7)10(9)13/h1-6,13H,(H2,12,14). The lowest BCUT2D eigenvalue weighted by atomic mass is 10.1. The van der Waals surface area contributed by atoms with Gasteiger partial charge in [0.05, 0.1) is 5.56 Å². The molecule has 0 atom stereocenters. The molecule has 0 spiro atoms. The van der Waals surface area contributed by atoms with Crippen LogP contribution < -0.4 is 5.73 Å². The van der Waals surface area contributed by atoms with E-state index in [1.165, 1.54) is 6.07 Å². The van der Waals surface area contributed by atoms with Gasteiger partial charge in [0, 0.05) is 5.39 Å². The maximum absolute atomic E-state index is 10.9. The summed E-state index contributed by atoms with van der Waals surface area (Å²) in [5.74, 6) is -0.663. The molecule has 3 N–H and O–H groups in total. The molecule has 3 heteroatoms. The fourth-order valence-electron chi connectivity index (χ4n) is 1.45. The molecule has 3 nitrogen and oxygen atoms in total. The molecular weight excluding hydrogens is 178 g/mol. The molecule has 0 aliphatic carbocycles. The summed E-state index contributed by atoms with van der Waals surface area (Å²) in [5, 5.41) is 11.2. The zero-order valence-corrected chi connectivity index (χ0v) is 7.40. The maximum atomic E-state index is 10.9. The number of benzene rings is 2. The molecule has 0 radical (unpaired) electrons. The average Bonchev–Trinajstić information content (AvgIpc) is 2.18. The number of carbonyl (C=O) groups is 1. The average molecular weight is 187 g/mol. The Morgan fingerprint density at radius 1 is 1.14 bits per heavy atom. The first-order valence-corrected chi connectivity index (χ1v) is 4.20. The summed E-state index contributed by atoms with van der Waals surface area (Å²) in [7, 11) is 0. The molecule has 0 aliphatic rings. The van der Waals surface area contributed by atoms with Gasteiger partial charge in [0.2, 0.25) is 0 Å². The molecule has 0 saturated carbocycles. The van der Waals surface area contributed by atoms with E-state index in [9.17, 15) is 9.90 Å². The molecule has 0 saturated heterocycles. The number of carbonyl (C=O) groups excluding carboxylic acids is 1. The molecule has 0 bridgehead atoms. The first-order chi connectivity index (χ1) is 6.70. The van der Waals surface area contributed by atoms with Gasteiger partial charge in [0.1, 0.15) is 5.75 Å². The summed E-state index contributed by atoms with van der Waals surface area (Å²) < 4.78 is 0. The van der Waals surface area contributed by atoms with E-state index in [-0.39, 0.29) is 11.3 Å². The first-order valence-electron chi connectivity index (χ1n) is 4.20. The number of hydrogen-bond acceptors (Lipinski definition) is 2. The van der Waals surface area contributed by atoms with E-state index < -0.39 is 5.91 Å². The zero-order chi connectivity index (χ0) is 10.1. The highest BCUT2D eigenvalue weighted by atomic mass is 16.3. The second-order valence-corrected chi connectivity index (χ2v) is 3.05. The van der Waals surface area contributed by atoms with E-state index in [4.69, 9.17) is 5.73 Å². The second-order valence-electron chi connectivity index (χ2n) is 3.05. The van der Waals surface area contributed by atoms with Gasteiger partial charge in [-0.3, -0.25) is 4.79 Å². The Labute approximate surface area is 80.8 Å². The number of rotatable bonds is 1. The lowest BCUT2D eigenvalue weighted by molar-refractivity contribution is 0.0998. The predicted molar refractivity (Wildman–Crippen MR) is 54.1 cm³/mol. The zero-order valence-electron chi connectivity index (χ0n) is 7.40. The summed E-state index contributed by atoms with van der Waals surface area (Å²) in [5.41, 5.74) is 5.26. The van der Waals surface area contributed by atoms with Gasteiger partial charge >= 0.3 is 0 Å². The molecule has 14 heavy (non-hydrogen) atoms. The highest BCUT2D eigenvalue weighted by Crippen LogP contribution is 2.27. The number of aromatic hydroxyl groups is 1. The Hall–Kier alpha value is -2.03. The summed E-state index contributed by atoms with van der Waals surface area (Å²) >= 11 is 0. The van der Waals surface area contributed by atoms with E-state index in [2.05, 4.69) is 0 Å². The van der Waals surface area contributed by atoms with Crippen molar-refractivity contribution in [3.63, 3.8) is 0 Å². The Morgan fingerprint density at radius 2 is 1.86 bits per heavy atom. The smallest absolute Gasteiger partial charge is 0.252 e. The predicted octanol–water partition coefficient (Wildman–Crippen LogP) is 1.64. The third-order valence-electron chi connectivity index (χ3n) is 2.17. The van der Waals surface area contributed by atoms with Crippen LogP contribution in [-0.4, -0.2) is 11.0 Å². The van der Waals surface area contributed by atoms with Gasteiger partial charge in [-0.15, -0.1) is 0 Å². The molecular formula is C11H9NO2. The van der Waals surface area contributed by atoms with Crippen LogP contribution >= 0.6 is 0 Å². The summed E-state index contributed by atoms with van der Waals surface area (Å²) in [6, 6.07) is 10.6. The number of primary amides is 1. The molecule has 1 amide bonds. The van der Waals surface area contributed by atoms with E-state index >= 15 is 0 Å². The van der Waals surface area contributed by atoms with Crippen molar-refractivity contribution >= 4 is 16.7 Å². The minimum atomic E-state index is -0.617. The molecule has 70 valence electrons. The van der Waals surface area contributed by atoms with Gasteiger partial charge in [0.25, 0.3) is 5.91 Å². The van der Waals surface area contributed by atoms with Crippen molar-refractivity contribution in [2.24, 2.45) is 5.73 Å². The quantitative estimate of drug-likeness (QED) is 0.712. The van der Waals surface area contributed by atoms with Crippen LogP contribution in [0.2, 0.25) is 0 Å². The van der Waals surface area contributed by atoms with Crippen molar-refractivity contribution in [3.05, 3.63) is 42.0 Å². The van der Waals surface area contributed by atoms with Crippen molar-refractivity contribution in [1.29, 1.82) is 0 Å². The van der Waals surface area contributed by atoms with E-state index in [0.29, 0.717) is 5.39 Å². The van der Waals surface area contributed by atoms with Crippen LogP contribution in [0.5, 0.6) is 5.75 Å². The van der Waals surface area contributed by atoms with Crippen molar-refractivity contribution < 1.29 is 9.90 Å². The van der Waals surface area contributed by atoms with Crippen LogP contribution in [0.1, 0.15) is 10.4 Å². The van der Waals surface area contributed by atoms with Gasteiger partial charge in [-0.2, -0.15) is 0 Å². The molecule has 0 aliphatic heterocycles. The van der Waals surface area contributed by atoms with Crippen LogP contribution in [0.3, 0.4) is 0 Å². The summed E-state index contributed by atoms with van der Waals surface area (Å²) in [4.78, 5) is 10.9. The summed E-state index contributed by atoms with van der Waals surface area (Å²) in [6.45, 7) is 0. The van der Waals surface area contributed by atoms with Gasteiger partial charge in [-0.25, -0.2) is 0 Å². The van der Waals surface area contributed by atoms with Crippen molar-refractivity contribution in [2.75, 3.05) is 0 Å². The van der Waals surface area contributed by atoms with Crippen LogP contribution in [-0.2, 0) is 0 Å². The second kappa shape index (κ2) is 3.03. The van der Waals surface area contributed by atoms with Crippen LogP contribution in [0.15, 0.2) is 36.4 Å². The van der Waals surface area contributed by atoms with Crippen molar-refractivity contribution in [3.8, 4) is 5.75 Å². The Morgan fingerprint density at radius 3 is 2.57 bits per heavy atom. The fourth-order valence-corrected chi connectivity index (χ4v) is 1.45. The lowest BCUT2D eigenvalue weighted by Crippen LogP contribution is -2.10. The minimum Gasteiger partial charge on any atom is -0.506 e.